The molecule has 0 aromatic heterocycles. The molecule has 0 aliphatic carbocycles. The molecule has 0 saturated carbocycles. The van der Waals surface area contributed by atoms with Crippen LogP contribution in [-0.4, -0.2) is 20.1 Å². The van der Waals surface area contributed by atoms with Gasteiger partial charge in [0.25, 0.3) is 5.91 Å². The monoisotopic (exact) mass is 323 g/mol. The maximum absolute atomic E-state index is 13.7. The minimum absolute atomic E-state index is 0.0490. The first-order chi connectivity index (χ1) is 10.5. The Bertz CT molecular complexity index is 694. The van der Waals surface area contributed by atoms with Gasteiger partial charge in [0.2, 0.25) is 0 Å². The fourth-order valence-corrected chi connectivity index (χ4v) is 2.16. The Morgan fingerprint density at radius 2 is 1.73 bits per heavy atom. The molecule has 1 N–H and O–H groups in total. The summed E-state index contributed by atoms with van der Waals surface area (Å²) >= 11 is 5.68. The van der Waals surface area contributed by atoms with Crippen LogP contribution in [0.2, 0.25) is 5.02 Å². The number of benzene rings is 2. The lowest BCUT2D eigenvalue weighted by atomic mass is 10.1. The highest BCUT2D eigenvalue weighted by atomic mass is 35.5. The summed E-state index contributed by atoms with van der Waals surface area (Å²) in [6.45, 7) is 1.82. The van der Waals surface area contributed by atoms with Crippen LogP contribution >= 0.6 is 11.6 Å². The van der Waals surface area contributed by atoms with Crippen LogP contribution in [0.25, 0.3) is 0 Å². The number of amides is 1. The lowest BCUT2D eigenvalue weighted by Crippen LogP contribution is -2.13. The molecule has 116 valence electrons. The molecule has 2 aromatic carbocycles. The Hall–Kier alpha value is -2.27. The molecule has 0 heterocycles. The third kappa shape index (κ3) is 3.31. The minimum atomic E-state index is -0.605. The van der Waals surface area contributed by atoms with Gasteiger partial charge in [-0.2, -0.15) is 0 Å². The average molecular weight is 324 g/mol. The van der Waals surface area contributed by atoms with E-state index >= 15 is 0 Å². The third-order valence-electron chi connectivity index (χ3n) is 3.19. The average Bonchev–Trinajstić information content (AvgIpc) is 2.50. The molecule has 2 rings (SSSR count). The van der Waals surface area contributed by atoms with Crippen molar-refractivity contribution in [1.29, 1.82) is 0 Å². The normalized spacial score (nSPS) is 10.2. The Balaban J connectivity index is 2.33. The maximum atomic E-state index is 13.7. The molecule has 22 heavy (non-hydrogen) atoms. The summed E-state index contributed by atoms with van der Waals surface area (Å²) in [6.07, 6.45) is 0. The molecule has 0 radical (unpaired) electrons. The predicted octanol–water partition coefficient (Wildman–Crippen LogP) is 4.06. The van der Waals surface area contributed by atoms with Crippen molar-refractivity contribution in [3.8, 4) is 11.5 Å². The van der Waals surface area contributed by atoms with Crippen LogP contribution < -0.4 is 14.8 Å². The first-order valence-electron chi connectivity index (χ1n) is 6.45. The minimum Gasteiger partial charge on any atom is -0.496 e. The van der Waals surface area contributed by atoms with Crippen LogP contribution in [-0.2, 0) is 0 Å². The summed E-state index contributed by atoms with van der Waals surface area (Å²) in [4.78, 5) is 12.3. The highest BCUT2D eigenvalue weighted by Gasteiger charge is 2.15. The molecule has 0 atom stereocenters. The molecule has 0 saturated heterocycles. The van der Waals surface area contributed by atoms with Gasteiger partial charge >= 0.3 is 0 Å². The fourth-order valence-electron chi connectivity index (χ4n) is 2.00. The molecule has 0 unspecified atom stereocenters. The van der Waals surface area contributed by atoms with Crippen molar-refractivity contribution in [2.75, 3.05) is 19.5 Å². The Labute approximate surface area is 132 Å². The largest absolute Gasteiger partial charge is 0.496 e. The SMILES string of the molecule is COc1cc(C(=O)Nc2ccc(Cl)cc2F)cc(OC)c1C. The molecule has 0 aliphatic heterocycles. The summed E-state index contributed by atoms with van der Waals surface area (Å²) in [5.41, 5.74) is 1.13. The summed E-state index contributed by atoms with van der Waals surface area (Å²) in [6, 6.07) is 7.17. The van der Waals surface area contributed by atoms with E-state index in [1.165, 1.54) is 26.4 Å². The molecule has 0 aliphatic rings. The zero-order chi connectivity index (χ0) is 16.3. The number of hydrogen-bond acceptors (Lipinski definition) is 3. The van der Waals surface area contributed by atoms with E-state index in [0.717, 1.165) is 11.6 Å². The fraction of sp³-hybridized carbons (Fsp3) is 0.188. The van der Waals surface area contributed by atoms with E-state index in [1.54, 1.807) is 12.1 Å². The Kier molecular flexibility index (Phi) is 4.88. The smallest absolute Gasteiger partial charge is 0.256 e. The summed E-state index contributed by atoms with van der Waals surface area (Å²) < 4.78 is 24.2. The van der Waals surface area contributed by atoms with Gasteiger partial charge in [-0.1, -0.05) is 11.6 Å². The van der Waals surface area contributed by atoms with Crippen LogP contribution in [0.1, 0.15) is 15.9 Å². The second-order valence-electron chi connectivity index (χ2n) is 4.58. The van der Waals surface area contributed by atoms with Crippen molar-refractivity contribution < 1.29 is 18.7 Å². The quantitative estimate of drug-likeness (QED) is 0.923. The molecule has 0 fully saturated rings. The summed E-state index contributed by atoms with van der Waals surface area (Å²) in [5.74, 6) is -0.0492. The molecule has 1 amide bonds. The number of carbonyl (C=O) groups is 1. The molecular formula is C16H15ClFNO3. The van der Waals surface area contributed by atoms with E-state index in [4.69, 9.17) is 21.1 Å². The number of carbonyl (C=O) groups excluding carboxylic acids is 1. The first kappa shape index (κ1) is 16.1. The van der Waals surface area contributed by atoms with Gasteiger partial charge < -0.3 is 14.8 Å². The van der Waals surface area contributed by atoms with Crippen molar-refractivity contribution in [1.82, 2.24) is 0 Å². The zero-order valence-electron chi connectivity index (χ0n) is 12.4. The predicted molar refractivity (Wildman–Crippen MR) is 83.6 cm³/mol. The van der Waals surface area contributed by atoms with E-state index in [9.17, 15) is 9.18 Å². The van der Waals surface area contributed by atoms with Crippen molar-refractivity contribution in [2.45, 2.75) is 6.92 Å². The maximum Gasteiger partial charge on any atom is 0.256 e. The van der Waals surface area contributed by atoms with Gasteiger partial charge in [0.1, 0.15) is 17.3 Å². The van der Waals surface area contributed by atoms with Crippen LogP contribution in [0.5, 0.6) is 11.5 Å². The van der Waals surface area contributed by atoms with Crippen LogP contribution in [0, 0.1) is 12.7 Å². The van der Waals surface area contributed by atoms with E-state index < -0.39 is 11.7 Å². The molecule has 0 spiro atoms. The number of anilines is 1. The van der Waals surface area contributed by atoms with Crippen molar-refractivity contribution in [2.24, 2.45) is 0 Å². The molecule has 2 aromatic rings. The standard InChI is InChI=1S/C16H15ClFNO3/c1-9-14(21-2)6-10(7-15(9)22-3)16(20)19-13-5-4-11(17)8-12(13)18/h4-8H,1-3H3,(H,19,20). The van der Waals surface area contributed by atoms with Crippen molar-refractivity contribution in [3.63, 3.8) is 0 Å². The van der Waals surface area contributed by atoms with Crippen LogP contribution in [0.4, 0.5) is 10.1 Å². The van der Waals surface area contributed by atoms with Gasteiger partial charge in [-0.3, -0.25) is 4.79 Å². The number of hydrogen-bond donors (Lipinski definition) is 1. The van der Waals surface area contributed by atoms with Gasteiger partial charge in [-0.05, 0) is 37.3 Å². The number of nitrogens with one attached hydrogen (secondary N) is 1. The number of halogens is 2. The third-order valence-corrected chi connectivity index (χ3v) is 3.43. The molecule has 4 nitrogen and oxygen atoms in total. The van der Waals surface area contributed by atoms with Crippen LogP contribution in [0.15, 0.2) is 30.3 Å². The Morgan fingerprint density at radius 3 is 2.23 bits per heavy atom. The van der Waals surface area contributed by atoms with E-state index in [1.807, 2.05) is 6.92 Å². The van der Waals surface area contributed by atoms with E-state index in [-0.39, 0.29) is 10.7 Å². The summed E-state index contributed by atoms with van der Waals surface area (Å²) in [5, 5.41) is 2.75. The highest BCUT2D eigenvalue weighted by Crippen LogP contribution is 2.30. The first-order valence-corrected chi connectivity index (χ1v) is 6.83. The molecular weight excluding hydrogens is 309 g/mol. The topological polar surface area (TPSA) is 47.6 Å². The number of ether oxygens (including phenoxy) is 2. The van der Waals surface area contributed by atoms with E-state index in [2.05, 4.69) is 5.32 Å². The number of rotatable bonds is 4. The van der Waals surface area contributed by atoms with E-state index in [0.29, 0.717) is 17.1 Å². The second-order valence-corrected chi connectivity index (χ2v) is 5.02. The van der Waals surface area contributed by atoms with Crippen LogP contribution in [0.3, 0.4) is 0 Å². The number of methoxy groups -OCH3 is 2. The molecule has 6 heteroatoms. The van der Waals surface area contributed by atoms with Crippen molar-refractivity contribution in [3.05, 3.63) is 52.3 Å². The van der Waals surface area contributed by atoms with Crippen molar-refractivity contribution >= 4 is 23.2 Å². The van der Waals surface area contributed by atoms with Gasteiger partial charge in [-0.15, -0.1) is 0 Å². The second kappa shape index (κ2) is 6.66. The van der Waals surface area contributed by atoms with Gasteiger partial charge in [0, 0.05) is 16.1 Å². The Morgan fingerprint density at radius 1 is 1.14 bits per heavy atom. The lowest BCUT2D eigenvalue weighted by Gasteiger charge is -2.13. The zero-order valence-corrected chi connectivity index (χ0v) is 13.1. The highest BCUT2D eigenvalue weighted by molar-refractivity contribution is 6.30. The summed E-state index contributed by atoms with van der Waals surface area (Å²) in [7, 11) is 3.00. The molecule has 0 bridgehead atoms. The lowest BCUT2D eigenvalue weighted by molar-refractivity contribution is 0.102. The van der Waals surface area contributed by atoms with Gasteiger partial charge in [-0.25, -0.2) is 4.39 Å². The van der Waals surface area contributed by atoms with Gasteiger partial charge in [0.05, 0.1) is 19.9 Å². The van der Waals surface area contributed by atoms with Gasteiger partial charge in [0.15, 0.2) is 0 Å².